The largest absolute Gasteiger partial charge is 0.376 e. The molecule has 8 heteroatoms. The molecule has 1 aromatic carbocycles. The summed E-state index contributed by atoms with van der Waals surface area (Å²) in [4.78, 5) is 16.3. The molecule has 0 bridgehead atoms. The molecule has 0 aliphatic carbocycles. The highest BCUT2D eigenvalue weighted by Gasteiger charge is 2.22. The molecule has 31 heavy (non-hydrogen) atoms. The summed E-state index contributed by atoms with van der Waals surface area (Å²) >= 11 is 0. The van der Waals surface area contributed by atoms with E-state index in [9.17, 15) is 0 Å². The van der Waals surface area contributed by atoms with Crippen LogP contribution in [0.25, 0.3) is 5.69 Å². The van der Waals surface area contributed by atoms with E-state index in [1.165, 1.54) is 5.56 Å². The van der Waals surface area contributed by atoms with E-state index in [1.54, 1.807) is 0 Å². The van der Waals surface area contributed by atoms with Crippen LogP contribution in [0.5, 0.6) is 0 Å². The summed E-state index contributed by atoms with van der Waals surface area (Å²) in [7, 11) is 2.14. The van der Waals surface area contributed by atoms with E-state index in [1.807, 2.05) is 31.5 Å². The van der Waals surface area contributed by atoms with E-state index in [2.05, 4.69) is 44.3 Å². The van der Waals surface area contributed by atoms with Gasteiger partial charge in [0.1, 0.15) is 11.6 Å². The molecule has 0 radical (unpaired) electrons. The van der Waals surface area contributed by atoms with Crippen LogP contribution in [-0.4, -0.2) is 57.3 Å². The van der Waals surface area contributed by atoms with Crippen molar-refractivity contribution in [2.75, 3.05) is 37.4 Å². The molecular weight excluding hydrogens is 390 g/mol. The Kier molecular flexibility index (Phi) is 5.57. The molecule has 1 fully saturated rings. The monoisotopic (exact) mass is 419 g/mol. The van der Waals surface area contributed by atoms with Gasteiger partial charge in [0, 0.05) is 62.0 Å². The number of hydrogen-bond donors (Lipinski definition) is 2. The highest BCUT2D eigenvalue weighted by molar-refractivity contribution is 5.59. The Morgan fingerprint density at radius 2 is 2.06 bits per heavy atom. The third-order valence-corrected chi connectivity index (χ3v) is 6.00. The quantitative estimate of drug-likeness (QED) is 0.635. The number of hydrogen-bond acceptors (Lipinski definition) is 7. The first-order chi connectivity index (χ1) is 15.2. The van der Waals surface area contributed by atoms with Crippen LogP contribution in [0.4, 0.5) is 17.5 Å². The van der Waals surface area contributed by atoms with Crippen molar-refractivity contribution in [1.82, 2.24) is 24.4 Å². The molecule has 4 heterocycles. The Bertz CT molecular complexity index is 1040. The summed E-state index contributed by atoms with van der Waals surface area (Å²) in [6, 6.07) is 8.23. The van der Waals surface area contributed by atoms with Crippen LogP contribution in [0.3, 0.4) is 0 Å². The number of aryl methyl sites for hydroxylation is 1. The van der Waals surface area contributed by atoms with Gasteiger partial charge in [-0.25, -0.2) is 9.97 Å². The predicted molar refractivity (Wildman–Crippen MR) is 121 cm³/mol. The van der Waals surface area contributed by atoms with Gasteiger partial charge in [0.05, 0.1) is 11.8 Å². The van der Waals surface area contributed by atoms with Crippen molar-refractivity contribution in [1.29, 1.82) is 0 Å². The molecule has 2 aromatic heterocycles. The Hall–Kier alpha value is -2.97. The van der Waals surface area contributed by atoms with E-state index in [0.29, 0.717) is 5.95 Å². The zero-order valence-corrected chi connectivity index (χ0v) is 18.1. The number of likely N-dealkylation sites (N-methyl/N-ethyl adjacent to an activating group) is 1. The molecule has 0 spiro atoms. The van der Waals surface area contributed by atoms with E-state index >= 15 is 0 Å². The Balaban J connectivity index is 1.37. The summed E-state index contributed by atoms with van der Waals surface area (Å²) < 4.78 is 7.84. The number of ether oxygens (including phenoxy) is 1. The van der Waals surface area contributed by atoms with Crippen molar-refractivity contribution in [2.45, 2.75) is 38.8 Å². The molecule has 3 aromatic rings. The zero-order chi connectivity index (χ0) is 21.2. The van der Waals surface area contributed by atoms with Gasteiger partial charge in [0.2, 0.25) is 5.95 Å². The minimum absolute atomic E-state index is 0.266. The molecule has 0 saturated carbocycles. The van der Waals surface area contributed by atoms with Gasteiger partial charge < -0.3 is 24.8 Å². The van der Waals surface area contributed by atoms with Crippen LogP contribution in [0, 0.1) is 6.92 Å². The Morgan fingerprint density at radius 1 is 1.19 bits per heavy atom. The number of anilines is 3. The lowest BCUT2D eigenvalue weighted by Gasteiger charge is -2.27. The average Bonchev–Trinajstić information content (AvgIpc) is 3.45. The van der Waals surface area contributed by atoms with Crippen molar-refractivity contribution in [3.8, 4) is 5.69 Å². The molecule has 1 saturated heterocycles. The summed E-state index contributed by atoms with van der Waals surface area (Å²) in [5.74, 6) is 2.51. The fourth-order valence-electron chi connectivity index (χ4n) is 4.25. The van der Waals surface area contributed by atoms with Gasteiger partial charge in [-0.1, -0.05) is 0 Å². The topological polar surface area (TPSA) is 80.1 Å². The third kappa shape index (κ3) is 4.40. The van der Waals surface area contributed by atoms with Gasteiger partial charge in [0.25, 0.3) is 0 Å². The number of benzene rings is 1. The molecule has 5 rings (SSSR count). The van der Waals surface area contributed by atoms with E-state index < -0.39 is 0 Å². The maximum atomic E-state index is 5.78. The van der Waals surface area contributed by atoms with Crippen molar-refractivity contribution < 1.29 is 4.74 Å². The number of nitrogens with one attached hydrogen (secondary N) is 2. The molecule has 1 atom stereocenters. The van der Waals surface area contributed by atoms with Crippen molar-refractivity contribution in [2.24, 2.45) is 0 Å². The number of fused-ring (bicyclic) bond motifs is 1. The van der Waals surface area contributed by atoms with Crippen LogP contribution < -0.4 is 10.6 Å². The van der Waals surface area contributed by atoms with Gasteiger partial charge in [-0.05, 0) is 51.1 Å². The van der Waals surface area contributed by atoms with E-state index in [4.69, 9.17) is 14.7 Å². The fourth-order valence-corrected chi connectivity index (χ4v) is 4.25. The molecular formula is C23H29N7O. The molecule has 2 aliphatic rings. The first kappa shape index (κ1) is 20.0. The van der Waals surface area contributed by atoms with Gasteiger partial charge in [-0.3, -0.25) is 0 Å². The van der Waals surface area contributed by atoms with Gasteiger partial charge in [-0.15, -0.1) is 0 Å². The maximum absolute atomic E-state index is 5.78. The third-order valence-electron chi connectivity index (χ3n) is 6.00. The summed E-state index contributed by atoms with van der Waals surface area (Å²) in [5.41, 5.74) is 4.35. The van der Waals surface area contributed by atoms with Gasteiger partial charge >= 0.3 is 0 Å². The molecule has 2 N–H and O–H groups in total. The van der Waals surface area contributed by atoms with Crippen LogP contribution in [-0.2, 0) is 17.7 Å². The van der Waals surface area contributed by atoms with E-state index in [0.717, 1.165) is 74.2 Å². The minimum Gasteiger partial charge on any atom is -0.376 e. The Morgan fingerprint density at radius 3 is 2.81 bits per heavy atom. The van der Waals surface area contributed by atoms with Crippen molar-refractivity contribution >= 4 is 17.5 Å². The highest BCUT2D eigenvalue weighted by Crippen LogP contribution is 2.27. The van der Waals surface area contributed by atoms with Gasteiger partial charge in [0.15, 0.2) is 0 Å². The number of imidazole rings is 1. The van der Waals surface area contributed by atoms with Crippen LogP contribution in [0.15, 0.2) is 36.7 Å². The number of nitrogens with zero attached hydrogens (tertiary/aromatic N) is 5. The Labute approximate surface area is 182 Å². The molecule has 0 amide bonds. The molecule has 162 valence electrons. The molecule has 8 nitrogen and oxygen atoms in total. The second kappa shape index (κ2) is 8.64. The lowest BCUT2D eigenvalue weighted by atomic mass is 10.1. The minimum atomic E-state index is 0.266. The molecule has 1 unspecified atom stereocenters. The van der Waals surface area contributed by atoms with Gasteiger partial charge in [-0.2, -0.15) is 4.98 Å². The summed E-state index contributed by atoms with van der Waals surface area (Å²) in [5, 5.41) is 6.93. The van der Waals surface area contributed by atoms with Crippen molar-refractivity contribution in [3.05, 3.63) is 53.7 Å². The number of rotatable bonds is 6. The van der Waals surface area contributed by atoms with Crippen LogP contribution >= 0.6 is 0 Å². The van der Waals surface area contributed by atoms with E-state index in [-0.39, 0.29) is 6.10 Å². The zero-order valence-electron chi connectivity index (χ0n) is 18.1. The second-order valence-electron chi connectivity index (χ2n) is 8.34. The normalized spacial score (nSPS) is 18.7. The molecule has 2 aliphatic heterocycles. The second-order valence-corrected chi connectivity index (χ2v) is 8.34. The standard InChI is InChI=1S/C23H29N7O/c1-16-24-10-12-30(16)18-7-5-17(6-8-18)26-23-27-21-9-11-29(2)15-20(21)22(28-23)25-14-19-4-3-13-31-19/h5-8,10,12,19H,3-4,9,11,13-15H2,1-2H3,(H2,25,26,27,28). The summed E-state index contributed by atoms with van der Waals surface area (Å²) in [6.45, 7) is 5.51. The summed E-state index contributed by atoms with van der Waals surface area (Å²) in [6.07, 6.45) is 7.21. The first-order valence-corrected chi connectivity index (χ1v) is 11.0. The smallest absolute Gasteiger partial charge is 0.229 e. The lowest BCUT2D eigenvalue weighted by molar-refractivity contribution is 0.120. The SMILES string of the molecule is Cc1nccn1-c1ccc(Nc2nc3c(c(NCC4CCCO4)n2)CN(C)CC3)cc1. The van der Waals surface area contributed by atoms with Crippen LogP contribution in [0.1, 0.15) is 29.9 Å². The van der Waals surface area contributed by atoms with Crippen molar-refractivity contribution in [3.63, 3.8) is 0 Å². The fraction of sp³-hybridized carbons (Fsp3) is 0.435. The average molecular weight is 420 g/mol. The first-order valence-electron chi connectivity index (χ1n) is 11.0. The highest BCUT2D eigenvalue weighted by atomic mass is 16.5. The maximum Gasteiger partial charge on any atom is 0.229 e. The lowest BCUT2D eigenvalue weighted by Crippen LogP contribution is -2.30. The predicted octanol–water partition coefficient (Wildman–Crippen LogP) is 3.29. The van der Waals surface area contributed by atoms with Crippen LogP contribution in [0.2, 0.25) is 0 Å². The number of aromatic nitrogens is 4.